The number of hydrogen-bond acceptors (Lipinski definition) is 5. The summed E-state index contributed by atoms with van der Waals surface area (Å²) in [4.78, 5) is 1.38. The Kier molecular flexibility index (Phi) is 8.03. The van der Waals surface area contributed by atoms with Crippen LogP contribution in [-0.2, 0) is 26.6 Å². The third-order valence-corrected chi connectivity index (χ3v) is 9.52. The fourth-order valence-electron chi connectivity index (χ4n) is 3.76. The van der Waals surface area contributed by atoms with E-state index >= 15 is 0 Å². The summed E-state index contributed by atoms with van der Waals surface area (Å²) in [6, 6.07) is 16.9. The SMILES string of the molecule is CCN(Cc1ccccc1)S(=O)(=O)c1ccc(S(=O)(=O)N2CC[NH+](CCC#N)CC2)cc1. The predicted molar refractivity (Wildman–Crippen MR) is 121 cm³/mol. The Morgan fingerprint density at radius 1 is 0.969 bits per heavy atom. The molecule has 32 heavy (non-hydrogen) atoms. The van der Waals surface area contributed by atoms with E-state index in [4.69, 9.17) is 5.26 Å². The largest absolute Gasteiger partial charge is 0.332 e. The fraction of sp³-hybridized carbons (Fsp3) is 0.409. The summed E-state index contributed by atoms with van der Waals surface area (Å²) < 4.78 is 55.0. The molecule has 0 aromatic heterocycles. The molecule has 1 fully saturated rings. The third-order valence-electron chi connectivity index (χ3n) is 5.67. The van der Waals surface area contributed by atoms with Crippen molar-refractivity contribution in [2.45, 2.75) is 29.7 Å². The first-order valence-corrected chi connectivity index (χ1v) is 13.5. The minimum atomic E-state index is -3.76. The highest BCUT2D eigenvalue weighted by Gasteiger charge is 2.31. The van der Waals surface area contributed by atoms with Crippen molar-refractivity contribution in [3.63, 3.8) is 0 Å². The van der Waals surface area contributed by atoms with Crippen LogP contribution in [0, 0.1) is 11.3 Å². The van der Waals surface area contributed by atoms with Gasteiger partial charge in [0.25, 0.3) is 0 Å². The number of rotatable bonds is 9. The number of piperazine rings is 1. The van der Waals surface area contributed by atoms with E-state index in [9.17, 15) is 16.8 Å². The van der Waals surface area contributed by atoms with Crippen LogP contribution in [0.25, 0.3) is 0 Å². The van der Waals surface area contributed by atoms with Crippen molar-refractivity contribution in [2.24, 2.45) is 0 Å². The summed E-state index contributed by atoms with van der Waals surface area (Å²) in [5, 5.41) is 8.71. The molecule has 1 N–H and O–H groups in total. The zero-order chi connectivity index (χ0) is 23.2. The van der Waals surface area contributed by atoms with Gasteiger partial charge in [-0.15, -0.1) is 0 Å². The van der Waals surface area contributed by atoms with Crippen LogP contribution in [0.2, 0.25) is 0 Å². The van der Waals surface area contributed by atoms with Crippen LogP contribution in [0.1, 0.15) is 18.9 Å². The lowest BCUT2D eigenvalue weighted by Crippen LogP contribution is -3.14. The van der Waals surface area contributed by atoms with E-state index in [-0.39, 0.29) is 16.3 Å². The van der Waals surface area contributed by atoms with E-state index in [1.165, 1.54) is 37.8 Å². The maximum Gasteiger partial charge on any atom is 0.243 e. The average Bonchev–Trinajstić information content (AvgIpc) is 2.82. The Morgan fingerprint density at radius 3 is 2.12 bits per heavy atom. The second-order valence-corrected chi connectivity index (χ2v) is 11.6. The van der Waals surface area contributed by atoms with Crippen LogP contribution < -0.4 is 4.90 Å². The van der Waals surface area contributed by atoms with Gasteiger partial charge in [0.2, 0.25) is 20.0 Å². The van der Waals surface area contributed by atoms with E-state index < -0.39 is 20.0 Å². The van der Waals surface area contributed by atoms with Gasteiger partial charge >= 0.3 is 0 Å². The van der Waals surface area contributed by atoms with E-state index in [0.717, 1.165) is 5.56 Å². The number of benzene rings is 2. The van der Waals surface area contributed by atoms with Crippen LogP contribution in [0.4, 0.5) is 0 Å². The number of quaternary nitrogens is 1. The van der Waals surface area contributed by atoms with Gasteiger partial charge in [-0.05, 0) is 29.8 Å². The molecule has 2 aromatic rings. The van der Waals surface area contributed by atoms with Crippen LogP contribution in [0.15, 0.2) is 64.4 Å². The van der Waals surface area contributed by atoms with E-state index in [2.05, 4.69) is 6.07 Å². The van der Waals surface area contributed by atoms with Crippen molar-refractivity contribution >= 4 is 20.0 Å². The Labute approximate surface area is 190 Å². The normalized spacial score (nSPS) is 16.2. The third kappa shape index (κ3) is 5.54. The summed E-state index contributed by atoms with van der Waals surface area (Å²) in [5.74, 6) is 0. The first kappa shape index (κ1) is 24.4. The van der Waals surface area contributed by atoms with E-state index in [0.29, 0.717) is 45.7 Å². The van der Waals surface area contributed by atoms with Gasteiger partial charge in [0.05, 0.1) is 55.0 Å². The van der Waals surface area contributed by atoms with Crippen molar-refractivity contribution in [3.05, 3.63) is 60.2 Å². The molecule has 1 aliphatic heterocycles. The molecule has 0 radical (unpaired) electrons. The average molecular weight is 478 g/mol. The second kappa shape index (κ2) is 10.6. The minimum Gasteiger partial charge on any atom is -0.332 e. The molecule has 1 aliphatic rings. The van der Waals surface area contributed by atoms with Crippen molar-refractivity contribution in [3.8, 4) is 6.07 Å². The summed E-state index contributed by atoms with van der Waals surface area (Å²) in [7, 11) is -7.45. The van der Waals surface area contributed by atoms with Crippen molar-refractivity contribution in [1.29, 1.82) is 5.26 Å². The van der Waals surface area contributed by atoms with Gasteiger partial charge < -0.3 is 4.90 Å². The smallest absolute Gasteiger partial charge is 0.243 e. The van der Waals surface area contributed by atoms with Crippen molar-refractivity contribution in [1.82, 2.24) is 8.61 Å². The van der Waals surface area contributed by atoms with Crippen molar-refractivity contribution in [2.75, 3.05) is 39.3 Å². The summed E-state index contributed by atoms with van der Waals surface area (Å²) >= 11 is 0. The predicted octanol–water partition coefficient (Wildman–Crippen LogP) is 0.700. The van der Waals surface area contributed by atoms with Crippen LogP contribution in [0.5, 0.6) is 0 Å². The molecule has 0 atom stereocenters. The summed E-state index contributed by atoms with van der Waals surface area (Å²) in [6.07, 6.45) is 0.455. The maximum absolute atomic E-state index is 13.1. The molecule has 0 aliphatic carbocycles. The van der Waals surface area contributed by atoms with Gasteiger partial charge in [-0.1, -0.05) is 37.3 Å². The van der Waals surface area contributed by atoms with Gasteiger partial charge in [-0.3, -0.25) is 0 Å². The highest BCUT2D eigenvalue weighted by atomic mass is 32.2. The topological polar surface area (TPSA) is 103 Å². The Hall–Kier alpha value is -2.29. The quantitative estimate of drug-likeness (QED) is 0.573. The minimum absolute atomic E-state index is 0.0694. The standard InChI is InChI=1S/C22H28N4O4S2/c1-2-25(19-20-7-4-3-5-8-20)31(27,28)21-9-11-22(12-10-21)32(29,30)26-17-15-24(16-18-26)14-6-13-23/h3-5,7-12H,2,6,14-19H2,1H3/p+1. The second-order valence-electron chi connectivity index (χ2n) is 7.70. The highest BCUT2D eigenvalue weighted by molar-refractivity contribution is 7.89. The molecular weight excluding hydrogens is 448 g/mol. The maximum atomic E-state index is 13.1. The van der Waals surface area contributed by atoms with Crippen LogP contribution in [0.3, 0.4) is 0 Å². The van der Waals surface area contributed by atoms with Gasteiger partial charge in [0, 0.05) is 13.1 Å². The molecule has 0 bridgehead atoms. The van der Waals surface area contributed by atoms with Gasteiger partial charge in [-0.2, -0.15) is 13.9 Å². The summed E-state index contributed by atoms with van der Waals surface area (Å²) in [5.41, 5.74) is 0.883. The lowest BCUT2D eigenvalue weighted by Gasteiger charge is -2.31. The number of nitrogens with zero attached hydrogens (tertiary/aromatic N) is 3. The molecule has 172 valence electrons. The highest BCUT2D eigenvalue weighted by Crippen LogP contribution is 2.22. The number of nitriles is 1. The van der Waals surface area contributed by atoms with Gasteiger partial charge in [-0.25, -0.2) is 16.8 Å². The van der Waals surface area contributed by atoms with Gasteiger partial charge in [0.1, 0.15) is 0 Å². The molecule has 0 amide bonds. The number of hydrogen-bond donors (Lipinski definition) is 1. The van der Waals surface area contributed by atoms with E-state index in [1.54, 1.807) is 6.92 Å². The lowest BCUT2D eigenvalue weighted by atomic mass is 10.2. The van der Waals surface area contributed by atoms with E-state index in [1.807, 2.05) is 30.3 Å². The zero-order valence-corrected chi connectivity index (χ0v) is 19.8. The molecule has 1 saturated heterocycles. The molecule has 0 saturated carbocycles. The van der Waals surface area contributed by atoms with Crippen molar-refractivity contribution < 1.29 is 21.7 Å². The van der Waals surface area contributed by atoms with Gasteiger partial charge in [0.15, 0.2) is 0 Å². The number of nitrogens with one attached hydrogen (secondary N) is 1. The molecule has 0 spiro atoms. The summed E-state index contributed by atoms with van der Waals surface area (Å²) in [6.45, 7) is 5.10. The lowest BCUT2D eigenvalue weighted by molar-refractivity contribution is -0.903. The Morgan fingerprint density at radius 2 is 1.56 bits per heavy atom. The first-order valence-electron chi connectivity index (χ1n) is 10.6. The molecule has 10 heteroatoms. The monoisotopic (exact) mass is 477 g/mol. The fourth-order valence-corrected chi connectivity index (χ4v) is 6.64. The van der Waals surface area contributed by atoms with Crippen LogP contribution >= 0.6 is 0 Å². The Balaban J connectivity index is 1.72. The Bertz CT molecular complexity index is 1140. The molecule has 8 nitrogen and oxygen atoms in total. The molecule has 0 unspecified atom stereocenters. The molecule has 2 aromatic carbocycles. The number of sulfonamides is 2. The molecular formula is C22H29N4O4S2+. The molecule has 3 rings (SSSR count). The zero-order valence-electron chi connectivity index (χ0n) is 18.1. The van der Waals surface area contributed by atoms with Crippen LogP contribution in [-0.4, -0.2) is 64.7 Å². The molecule has 1 heterocycles. The first-order chi connectivity index (χ1) is 15.3.